The molecular formula is C23H16F6N4OS. The van der Waals surface area contributed by atoms with Crippen molar-refractivity contribution in [1.29, 1.82) is 0 Å². The molecule has 0 radical (unpaired) electrons. The molecule has 0 saturated heterocycles. The molecule has 3 aromatic heterocycles. The maximum atomic E-state index is 13.5. The van der Waals surface area contributed by atoms with Gasteiger partial charge in [0.1, 0.15) is 5.69 Å². The van der Waals surface area contributed by atoms with Crippen molar-refractivity contribution in [2.75, 3.05) is 12.4 Å². The van der Waals surface area contributed by atoms with Crippen LogP contribution >= 0.6 is 11.8 Å². The van der Waals surface area contributed by atoms with Crippen LogP contribution in [0.25, 0.3) is 22.4 Å². The van der Waals surface area contributed by atoms with Crippen LogP contribution < -0.4 is 5.32 Å². The second-order valence-electron chi connectivity index (χ2n) is 7.26. The molecule has 1 N–H and O–H groups in total. The van der Waals surface area contributed by atoms with Crippen LogP contribution in [0.15, 0.2) is 65.7 Å². The Hall–Kier alpha value is -3.38. The van der Waals surface area contributed by atoms with Crippen molar-refractivity contribution in [3.05, 3.63) is 72.1 Å². The third-order valence-corrected chi connectivity index (χ3v) is 5.48. The van der Waals surface area contributed by atoms with E-state index in [1.807, 2.05) is 0 Å². The number of alkyl halides is 6. The molecule has 5 nitrogen and oxygen atoms in total. The van der Waals surface area contributed by atoms with Crippen molar-refractivity contribution in [3.63, 3.8) is 0 Å². The second kappa shape index (κ2) is 9.70. The minimum absolute atomic E-state index is 0.00743. The fraction of sp³-hybridized carbons (Fsp3) is 0.174. The number of aromatic nitrogens is 3. The van der Waals surface area contributed by atoms with Gasteiger partial charge in [-0.2, -0.15) is 26.3 Å². The van der Waals surface area contributed by atoms with Gasteiger partial charge in [-0.3, -0.25) is 4.98 Å². The number of thioether (sulfide) groups is 1. The van der Waals surface area contributed by atoms with Crippen LogP contribution in [0.1, 0.15) is 11.3 Å². The molecule has 0 saturated carbocycles. The molecule has 3 heterocycles. The number of halogens is 6. The first-order valence-corrected chi connectivity index (χ1v) is 10.8. The Bertz CT molecular complexity index is 1340. The molecule has 0 atom stereocenters. The van der Waals surface area contributed by atoms with E-state index < -0.39 is 17.2 Å². The van der Waals surface area contributed by atoms with E-state index >= 15 is 0 Å². The van der Waals surface area contributed by atoms with Gasteiger partial charge in [0, 0.05) is 29.3 Å². The smallest absolute Gasteiger partial charge is 0.378 e. The van der Waals surface area contributed by atoms with Crippen LogP contribution in [0.5, 0.6) is 0 Å². The molecular weight excluding hydrogens is 494 g/mol. The van der Waals surface area contributed by atoms with Gasteiger partial charge >= 0.3 is 11.7 Å². The zero-order chi connectivity index (χ0) is 25.2. The predicted octanol–water partition coefficient (Wildman–Crippen LogP) is 7.21. The summed E-state index contributed by atoms with van der Waals surface area (Å²) in [5.74, 6) is 0. The molecule has 0 bridgehead atoms. The van der Waals surface area contributed by atoms with Gasteiger partial charge in [-0.05, 0) is 66.4 Å². The molecule has 0 aliphatic heterocycles. The van der Waals surface area contributed by atoms with Gasteiger partial charge in [0.2, 0.25) is 0 Å². The molecule has 0 aliphatic rings. The molecule has 4 rings (SSSR count). The number of rotatable bonds is 6. The predicted molar refractivity (Wildman–Crippen MR) is 120 cm³/mol. The van der Waals surface area contributed by atoms with Gasteiger partial charge in [-0.25, -0.2) is 9.97 Å². The Kier molecular flexibility index (Phi) is 6.86. The van der Waals surface area contributed by atoms with Crippen molar-refractivity contribution < 1.29 is 31.1 Å². The van der Waals surface area contributed by atoms with Crippen LogP contribution in [0.2, 0.25) is 0 Å². The Morgan fingerprint density at radius 3 is 2.34 bits per heavy atom. The fourth-order valence-corrected chi connectivity index (χ4v) is 3.89. The largest absolute Gasteiger partial charge is 0.446 e. The highest BCUT2D eigenvalue weighted by molar-refractivity contribution is 8.00. The Labute approximate surface area is 199 Å². The lowest BCUT2D eigenvalue weighted by molar-refractivity contribution is -0.137. The van der Waals surface area contributed by atoms with Crippen molar-refractivity contribution in [2.45, 2.75) is 23.2 Å². The van der Waals surface area contributed by atoms with Gasteiger partial charge in [-0.15, -0.1) is 0 Å². The number of pyridine rings is 3. The molecule has 12 heteroatoms. The number of nitrogens with zero attached hydrogens (tertiary/aromatic N) is 3. The van der Waals surface area contributed by atoms with Crippen molar-refractivity contribution in [3.8, 4) is 11.4 Å². The van der Waals surface area contributed by atoms with Crippen LogP contribution in [-0.4, -0.2) is 27.6 Å². The van der Waals surface area contributed by atoms with E-state index in [1.165, 1.54) is 49.7 Å². The average Bonchev–Trinajstić information content (AvgIpc) is 2.79. The van der Waals surface area contributed by atoms with E-state index in [9.17, 15) is 26.3 Å². The number of methoxy groups -OCH3 is 1. The van der Waals surface area contributed by atoms with E-state index in [-0.39, 0.29) is 40.3 Å². The molecule has 182 valence electrons. The van der Waals surface area contributed by atoms with Crippen LogP contribution in [0, 0.1) is 0 Å². The number of benzene rings is 1. The van der Waals surface area contributed by atoms with Gasteiger partial charge in [0.05, 0.1) is 29.2 Å². The fourth-order valence-electron chi connectivity index (χ4n) is 3.35. The van der Waals surface area contributed by atoms with Crippen molar-refractivity contribution in [2.24, 2.45) is 0 Å². The van der Waals surface area contributed by atoms with Crippen LogP contribution in [-0.2, 0) is 17.5 Å². The number of hydrogen-bond acceptors (Lipinski definition) is 6. The quantitative estimate of drug-likeness (QED) is 0.218. The molecule has 4 aromatic rings. The minimum atomic E-state index is -4.62. The number of fused-ring (bicyclic) bond motifs is 1. The molecule has 0 aliphatic carbocycles. The lowest BCUT2D eigenvalue weighted by atomic mass is 10.1. The molecule has 0 fully saturated rings. The van der Waals surface area contributed by atoms with Crippen molar-refractivity contribution in [1.82, 2.24) is 15.0 Å². The summed E-state index contributed by atoms with van der Waals surface area (Å²) in [4.78, 5) is 12.6. The highest BCUT2D eigenvalue weighted by Gasteiger charge is 2.34. The Morgan fingerprint density at radius 2 is 1.69 bits per heavy atom. The first-order chi connectivity index (χ1) is 16.5. The topological polar surface area (TPSA) is 59.9 Å². The van der Waals surface area contributed by atoms with Crippen LogP contribution in [0.3, 0.4) is 0 Å². The summed E-state index contributed by atoms with van der Waals surface area (Å²) in [5.41, 5.74) is -4.03. The zero-order valence-electron chi connectivity index (χ0n) is 17.9. The summed E-state index contributed by atoms with van der Waals surface area (Å²) in [5, 5.41) is 3.60. The van der Waals surface area contributed by atoms with Gasteiger partial charge < -0.3 is 10.1 Å². The number of hydrogen-bond donors (Lipinski definition) is 1. The standard InChI is InChI=1S/C23H16F6N4OS/c1-34-12-14-11-19(31-13-4-6-15(7-5-13)35-23(27,28)29)16-8-9-18(33-21(16)32-14)20-17(22(24,25)26)3-2-10-30-20/h2-11H,12H2,1H3,(H,31,32,33). The molecule has 35 heavy (non-hydrogen) atoms. The summed E-state index contributed by atoms with van der Waals surface area (Å²) >= 11 is -0.221. The first-order valence-electron chi connectivity index (χ1n) is 9.98. The lowest BCUT2D eigenvalue weighted by Crippen LogP contribution is -2.09. The van der Waals surface area contributed by atoms with E-state index in [1.54, 1.807) is 12.1 Å². The normalized spacial score (nSPS) is 12.2. The summed E-state index contributed by atoms with van der Waals surface area (Å²) in [6.07, 6.45) is -3.37. The number of nitrogens with one attached hydrogen (secondary N) is 1. The molecule has 0 spiro atoms. The van der Waals surface area contributed by atoms with Gasteiger partial charge in [0.25, 0.3) is 0 Å². The van der Waals surface area contributed by atoms with E-state index in [0.717, 1.165) is 6.07 Å². The third-order valence-electron chi connectivity index (χ3n) is 4.74. The lowest BCUT2D eigenvalue weighted by Gasteiger charge is -2.14. The summed E-state index contributed by atoms with van der Waals surface area (Å²) < 4.78 is 83.3. The van der Waals surface area contributed by atoms with Crippen LogP contribution in [0.4, 0.5) is 37.7 Å². The van der Waals surface area contributed by atoms with Crippen molar-refractivity contribution >= 4 is 34.2 Å². The highest BCUT2D eigenvalue weighted by atomic mass is 32.2. The molecule has 0 unspecified atom stereocenters. The minimum Gasteiger partial charge on any atom is -0.378 e. The summed E-state index contributed by atoms with van der Waals surface area (Å²) in [6, 6.07) is 12.4. The Morgan fingerprint density at radius 1 is 0.943 bits per heavy atom. The van der Waals surface area contributed by atoms with E-state index in [2.05, 4.69) is 20.3 Å². The second-order valence-corrected chi connectivity index (χ2v) is 8.39. The monoisotopic (exact) mass is 510 g/mol. The first kappa shape index (κ1) is 24.7. The van der Waals surface area contributed by atoms with Gasteiger partial charge in [0.15, 0.2) is 5.65 Å². The van der Waals surface area contributed by atoms with E-state index in [4.69, 9.17) is 4.74 Å². The zero-order valence-corrected chi connectivity index (χ0v) is 18.7. The maximum Gasteiger partial charge on any atom is 0.446 e. The number of ether oxygens (including phenoxy) is 1. The highest BCUT2D eigenvalue weighted by Crippen LogP contribution is 2.38. The number of anilines is 2. The van der Waals surface area contributed by atoms with E-state index in [0.29, 0.717) is 22.5 Å². The maximum absolute atomic E-state index is 13.5. The Balaban J connectivity index is 1.74. The van der Waals surface area contributed by atoms with Gasteiger partial charge in [-0.1, -0.05) is 0 Å². The molecule has 1 aromatic carbocycles. The average molecular weight is 510 g/mol. The summed E-state index contributed by atoms with van der Waals surface area (Å²) in [7, 11) is 1.46. The summed E-state index contributed by atoms with van der Waals surface area (Å²) in [6.45, 7) is 0.106. The third kappa shape index (κ3) is 6.01. The SMILES string of the molecule is COCc1cc(Nc2ccc(SC(F)(F)F)cc2)c2ccc(-c3ncccc3C(F)(F)F)nc2n1. The molecule has 0 amide bonds.